The Balaban J connectivity index is 2.53. The molecular formula is C11H9F2NO. The summed E-state index contributed by atoms with van der Waals surface area (Å²) in [5.74, 6) is -4.06. The van der Waals surface area contributed by atoms with E-state index in [9.17, 15) is 13.6 Å². The molecule has 0 aromatic heterocycles. The molecule has 15 heavy (non-hydrogen) atoms. The second-order valence-electron chi connectivity index (χ2n) is 2.89. The van der Waals surface area contributed by atoms with E-state index in [1.807, 2.05) is 0 Å². The lowest BCUT2D eigenvalue weighted by molar-refractivity contribution is -0.138. The number of terminal acetylenes is 1. The topological polar surface area (TPSA) is 29.1 Å². The van der Waals surface area contributed by atoms with Gasteiger partial charge in [-0.15, -0.1) is 6.42 Å². The molecule has 1 rings (SSSR count). The van der Waals surface area contributed by atoms with Crippen molar-refractivity contribution in [1.82, 2.24) is 5.32 Å². The van der Waals surface area contributed by atoms with Gasteiger partial charge in [0.15, 0.2) is 0 Å². The van der Waals surface area contributed by atoms with Gasteiger partial charge >= 0.3 is 11.8 Å². The number of amides is 1. The normalized spacial score (nSPS) is 10.5. The molecule has 1 N–H and O–H groups in total. The van der Waals surface area contributed by atoms with Gasteiger partial charge in [0.05, 0.1) is 0 Å². The van der Waals surface area contributed by atoms with Crippen LogP contribution in [0.1, 0.15) is 5.56 Å². The highest BCUT2D eigenvalue weighted by Crippen LogP contribution is 2.11. The molecule has 0 unspecified atom stereocenters. The zero-order valence-corrected chi connectivity index (χ0v) is 7.84. The maximum Gasteiger partial charge on any atom is 0.384 e. The van der Waals surface area contributed by atoms with Crippen LogP contribution in [0, 0.1) is 12.3 Å². The molecule has 0 aliphatic carbocycles. The van der Waals surface area contributed by atoms with Gasteiger partial charge in [-0.1, -0.05) is 30.3 Å². The minimum absolute atomic E-state index is 0.0386. The van der Waals surface area contributed by atoms with Crippen LogP contribution in [-0.4, -0.2) is 11.8 Å². The molecule has 0 spiro atoms. The number of hydrogen-bond donors (Lipinski definition) is 1. The highest BCUT2D eigenvalue weighted by molar-refractivity contribution is 5.86. The number of rotatable bonds is 3. The third kappa shape index (κ3) is 3.06. The summed E-state index contributed by atoms with van der Waals surface area (Å²) in [6, 6.07) is 8.73. The second-order valence-corrected chi connectivity index (χ2v) is 2.89. The Labute approximate surface area is 86.3 Å². The monoisotopic (exact) mass is 209 g/mol. The van der Waals surface area contributed by atoms with Crippen LogP contribution in [0.2, 0.25) is 0 Å². The van der Waals surface area contributed by atoms with Crippen LogP contribution in [0.4, 0.5) is 8.78 Å². The van der Waals surface area contributed by atoms with Crippen molar-refractivity contribution in [3.8, 4) is 12.3 Å². The van der Waals surface area contributed by atoms with Crippen molar-refractivity contribution in [1.29, 1.82) is 0 Å². The van der Waals surface area contributed by atoms with Gasteiger partial charge in [0.25, 0.3) is 0 Å². The number of carbonyl (C=O) groups is 1. The van der Waals surface area contributed by atoms with Crippen LogP contribution in [0.25, 0.3) is 0 Å². The van der Waals surface area contributed by atoms with Gasteiger partial charge in [0, 0.05) is 6.54 Å². The smallest absolute Gasteiger partial charge is 0.346 e. The summed E-state index contributed by atoms with van der Waals surface area (Å²) in [4.78, 5) is 10.9. The third-order valence-corrected chi connectivity index (χ3v) is 1.76. The second kappa shape index (κ2) is 4.56. The molecule has 4 heteroatoms. The lowest BCUT2D eigenvalue weighted by Crippen LogP contribution is -2.38. The fourth-order valence-electron chi connectivity index (χ4n) is 0.955. The zero-order valence-electron chi connectivity index (χ0n) is 7.84. The Morgan fingerprint density at radius 1 is 1.40 bits per heavy atom. The van der Waals surface area contributed by atoms with E-state index in [0.717, 1.165) is 11.5 Å². The quantitative estimate of drug-likeness (QED) is 0.752. The largest absolute Gasteiger partial charge is 0.384 e. The van der Waals surface area contributed by atoms with E-state index in [1.54, 1.807) is 30.3 Å². The SMILES string of the molecule is C#CC(F)(F)C(=O)NCc1ccccc1. The summed E-state index contributed by atoms with van der Waals surface area (Å²) in [7, 11) is 0. The predicted octanol–water partition coefficient (Wildman–Crippen LogP) is 1.57. The van der Waals surface area contributed by atoms with E-state index < -0.39 is 11.8 Å². The number of halogens is 2. The molecule has 0 fully saturated rings. The number of hydrogen-bond acceptors (Lipinski definition) is 1. The van der Waals surface area contributed by atoms with Crippen molar-refractivity contribution in [2.24, 2.45) is 0 Å². The van der Waals surface area contributed by atoms with Crippen LogP contribution >= 0.6 is 0 Å². The first-order valence-electron chi connectivity index (χ1n) is 4.24. The average Bonchev–Trinajstić information content (AvgIpc) is 2.27. The molecule has 78 valence electrons. The molecule has 0 saturated heterocycles. The predicted molar refractivity (Wildman–Crippen MR) is 52.1 cm³/mol. The maximum atomic E-state index is 12.6. The summed E-state index contributed by atoms with van der Waals surface area (Å²) in [6.07, 6.45) is 4.52. The van der Waals surface area contributed by atoms with Crippen LogP contribution in [0.5, 0.6) is 0 Å². The Morgan fingerprint density at radius 2 is 2.00 bits per heavy atom. The molecule has 0 aliphatic rings. The van der Waals surface area contributed by atoms with Crippen molar-refractivity contribution in [2.75, 3.05) is 0 Å². The van der Waals surface area contributed by atoms with E-state index in [0.29, 0.717) is 0 Å². The molecule has 0 saturated carbocycles. The van der Waals surface area contributed by atoms with E-state index in [-0.39, 0.29) is 6.54 Å². The first-order valence-corrected chi connectivity index (χ1v) is 4.24. The maximum absolute atomic E-state index is 12.6. The Morgan fingerprint density at radius 3 is 2.53 bits per heavy atom. The van der Waals surface area contributed by atoms with Crippen molar-refractivity contribution >= 4 is 5.91 Å². The van der Waals surface area contributed by atoms with Gasteiger partial charge in [0.2, 0.25) is 0 Å². The molecule has 1 aromatic rings. The average molecular weight is 209 g/mol. The van der Waals surface area contributed by atoms with E-state index >= 15 is 0 Å². The van der Waals surface area contributed by atoms with Crippen LogP contribution in [-0.2, 0) is 11.3 Å². The molecule has 0 heterocycles. The van der Waals surface area contributed by atoms with E-state index in [2.05, 4.69) is 11.7 Å². The number of alkyl halides is 2. The van der Waals surface area contributed by atoms with E-state index in [1.165, 1.54) is 0 Å². The van der Waals surface area contributed by atoms with Gasteiger partial charge in [0.1, 0.15) is 0 Å². The van der Waals surface area contributed by atoms with Crippen LogP contribution in [0.3, 0.4) is 0 Å². The number of benzene rings is 1. The molecule has 0 aliphatic heterocycles. The minimum atomic E-state index is -3.74. The highest BCUT2D eigenvalue weighted by Gasteiger charge is 2.35. The molecule has 2 nitrogen and oxygen atoms in total. The summed E-state index contributed by atoms with van der Waals surface area (Å²) in [5, 5.41) is 2.06. The fraction of sp³-hybridized carbons (Fsp3) is 0.182. The van der Waals surface area contributed by atoms with Crippen LogP contribution < -0.4 is 5.32 Å². The lowest BCUT2D eigenvalue weighted by atomic mass is 10.2. The number of nitrogens with one attached hydrogen (secondary N) is 1. The van der Waals surface area contributed by atoms with Crippen LogP contribution in [0.15, 0.2) is 30.3 Å². The first-order chi connectivity index (χ1) is 7.06. The molecule has 1 aromatic carbocycles. The molecule has 1 amide bonds. The minimum Gasteiger partial charge on any atom is -0.346 e. The van der Waals surface area contributed by atoms with Gasteiger partial charge in [-0.25, -0.2) is 0 Å². The highest BCUT2D eigenvalue weighted by atomic mass is 19.3. The van der Waals surface area contributed by atoms with Gasteiger partial charge < -0.3 is 5.32 Å². The van der Waals surface area contributed by atoms with Crippen molar-refractivity contribution in [2.45, 2.75) is 12.5 Å². The summed E-state index contributed by atoms with van der Waals surface area (Å²) >= 11 is 0. The summed E-state index contributed by atoms with van der Waals surface area (Å²) in [5.41, 5.74) is 0.735. The van der Waals surface area contributed by atoms with Crippen molar-refractivity contribution in [3.63, 3.8) is 0 Å². The van der Waals surface area contributed by atoms with Crippen molar-refractivity contribution < 1.29 is 13.6 Å². The third-order valence-electron chi connectivity index (χ3n) is 1.76. The van der Waals surface area contributed by atoms with E-state index in [4.69, 9.17) is 0 Å². The van der Waals surface area contributed by atoms with Crippen molar-refractivity contribution in [3.05, 3.63) is 35.9 Å². The fourth-order valence-corrected chi connectivity index (χ4v) is 0.955. The van der Waals surface area contributed by atoms with Gasteiger partial charge in [-0.3, -0.25) is 4.79 Å². The first kappa shape index (κ1) is 11.2. The molecule has 0 bridgehead atoms. The van der Waals surface area contributed by atoms with Gasteiger partial charge in [-0.05, 0) is 11.5 Å². The molecular weight excluding hydrogens is 200 g/mol. The molecule has 0 atom stereocenters. The molecule has 0 radical (unpaired) electrons. The Kier molecular flexibility index (Phi) is 3.40. The standard InChI is InChI=1S/C11H9F2NO/c1-2-11(12,13)10(15)14-8-9-6-4-3-5-7-9/h1,3-7H,8H2,(H,14,15). The zero-order chi connectivity index (χ0) is 11.3. The Bertz CT molecular complexity index is 381. The lowest BCUT2D eigenvalue weighted by Gasteiger charge is -2.09. The summed E-state index contributed by atoms with van der Waals surface area (Å²) < 4.78 is 25.2. The Hall–Kier alpha value is -1.89. The van der Waals surface area contributed by atoms with Gasteiger partial charge in [-0.2, -0.15) is 8.78 Å². The summed E-state index contributed by atoms with van der Waals surface area (Å²) in [6.45, 7) is 0.0386. The number of carbonyl (C=O) groups excluding carboxylic acids is 1.